The van der Waals surface area contributed by atoms with Crippen LogP contribution in [0.2, 0.25) is 5.02 Å². The van der Waals surface area contributed by atoms with E-state index in [0.717, 1.165) is 18.7 Å². The van der Waals surface area contributed by atoms with Gasteiger partial charge in [-0.05, 0) is 63.9 Å². The predicted molar refractivity (Wildman–Crippen MR) is 98.3 cm³/mol. The van der Waals surface area contributed by atoms with Gasteiger partial charge in [0.25, 0.3) is 0 Å². The summed E-state index contributed by atoms with van der Waals surface area (Å²) in [5, 5.41) is 3.80. The van der Waals surface area contributed by atoms with Gasteiger partial charge in [-0.2, -0.15) is 0 Å². The van der Waals surface area contributed by atoms with E-state index < -0.39 is 0 Å². The molecule has 2 aliphatic heterocycles. The van der Waals surface area contributed by atoms with Crippen LogP contribution in [0.25, 0.3) is 0 Å². The molecule has 0 spiro atoms. The Morgan fingerprint density at radius 3 is 2.75 bits per heavy atom. The predicted octanol–water partition coefficient (Wildman–Crippen LogP) is 3.08. The second-order valence-corrected chi connectivity index (χ2v) is 7.49. The number of benzene rings is 1. The second kappa shape index (κ2) is 8.32. The van der Waals surface area contributed by atoms with Gasteiger partial charge in [0.05, 0.1) is 12.6 Å². The first-order valence-electron chi connectivity index (χ1n) is 9.13. The molecular formula is C19H28ClN3O. The molecule has 2 aliphatic rings. The van der Waals surface area contributed by atoms with E-state index >= 15 is 0 Å². The molecule has 0 aliphatic carbocycles. The maximum Gasteiger partial charge on any atom is 0.234 e. The molecule has 1 amide bonds. The van der Waals surface area contributed by atoms with Crippen LogP contribution in [0.5, 0.6) is 0 Å². The molecule has 2 atom stereocenters. The molecule has 1 N–H and O–H groups in total. The summed E-state index contributed by atoms with van der Waals surface area (Å²) in [7, 11) is 0. The van der Waals surface area contributed by atoms with Crippen LogP contribution in [-0.2, 0) is 4.79 Å². The zero-order valence-corrected chi connectivity index (χ0v) is 15.3. The first-order valence-corrected chi connectivity index (χ1v) is 9.51. The highest BCUT2D eigenvalue weighted by Crippen LogP contribution is 2.23. The van der Waals surface area contributed by atoms with Crippen LogP contribution in [-0.4, -0.2) is 54.5 Å². The van der Waals surface area contributed by atoms with E-state index in [2.05, 4.69) is 15.1 Å². The maximum absolute atomic E-state index is 12.4. The number of nitrogens with zero attached hydrogens (tertiary/aromatic N) is 2. The average Bonchev–Trinajstić information content (AvgIpc) is 3.10. The lowest BCUT2D eigenvalue weighted by atomic mass is 10.0. The Balaban J connectivity index is 1.50. The number of likely N-dealkylation sites (tertiary alicyclic amines) is 2. The second-order valence-electron chi connectivity index (χ2n) is 7.08. The SMILES string of the molecule is C[C@@H](NC(=O)CN1CCC[C@@H](N2CCCC2)C1)c1ccccc1Cl. The molecule has 0 unspecified atom stereocenters. The minimum Gasteiger partial charge on any atom is -0.348 e. The quantitative estimate of drug-likeness (QED) is 0.887. The van der Waals surface area contributed by atoms with E-state index in [-0.39, 0.29) is 11.9 Å². The lowest BCUT2D eigenvalue weighted by Crippen LogP contribution is -2.49. The number of hydrogen-bond donors (Lipinski definition) is 1. The standard InChI is InChI=1S/C19H28ClN3O/c1-15(17-8-2-3-9-18(17)20)21-19(24)14-22-10-6-7-16(13-22)23-11-4-5-12-23/h2-3,8-9,15-16H,4-7,10-14H2,1H3,(H,21,24)/t15-,16-/m1/s1. The third kappa shape index (κ3) is 4.50. The zero-order valence-electron chi connectivity index (χ0n) is 14.5. The molecule has 5 heteroatoms. The topological polar surface area (TPSA) is 35.6 Å². The largest absolute Gasteiger partial charge is 0.348 e. The van der Waals surface area contributed by atoms with E-state index in [1.807, 2.05) is 31.2 Å². The molecule has 132 valence electrons. The van der Waals surface area contributed by atoms with Gasteiger partial charge >= 0.3 is 0 Å². The summed E-state index contributed by atoms with van der Waals surface area (Å²) in [5.41, 5.74) is 0.973. The number of halogens is 1. The first kappa shape index (κ1) is 17.7. The third-order valence-corrected chi connectivity index (χ3v) is 5.60. The lowest BCUT2D eigenvalue weighted by molar-refractivity contribution is -0.123. The molecule has 2 saturated heterocycles. The van der Waals surface area contributed by atoms with Crippen molar-refractivity contribution in [2.45, 2.75) is 44.7 Å². The van der Waals surface area contributed by atoms with Gasteiger partial charge in [0.1, 0.15) is 0 Å². The van der Waals surface area contributed by atoms with Crippen LogP contribution in [0, 0.1) is 0 Å². The molecule has 4 nitrogen and oxygen atoms in total. The van der Waals surface area contributed by atoms with Crippen molar-refractivity contribution >= 4 is 17.5 Å². The average molecular weight is 350 g/mol. The summed E-state index contributed by atoms with van der Waals surface area (Å²) in [5.74, 6) is 0.0875. The fourth-order valence-electron chi connectivity index (χ4n) is 3.97. The van der Waals surface area contributed by atoms with Crippen LogP contribution in [0.15, 0.2) is 24.3 Å². The van der Waals surface area contributed by atoms with Gasteiger partial charge in [0, 0.05) is 17.6 Å². The Kier molecular flexibility index (Phi) is 6.14. The van der Waals surface area contributed by atoms with Gasteiger partial charge in [0.2, 0.25) is 5.91 Å². The summed E-state index contributed by atoms with van der Waals surface area (Å²) < 4.78 is 0. The third-order valence-electron chi connectivity index (χ3n) is 5.25. The smallest absolute Gasteiger partial charge is 0.234 e. The summed E-state index contributed by atoms with van der Waals surface area (Å²) in [6.07, 6.45) is 5.11. The minimum atomic E-state index is -0.0645. The summed E-state index contributed by atoms with van der Waals surface area (Å²) >= 11 is 6.22. The normalized spacial score (nSPS) is 24.0. The maximum atomic E-state index is 12.4. The highest BCUT2D eigenvalue weighted by molar-refractivity contribution is 6.31. The van der Waals surface area contributed by atoms with Crippen molar-refractivity contribution in [1.29, 1.82) is 0 Å². The number of rotatable bonds is 5. The van der Waals surface area contributed by atoms with Gasteiger partial charge < -0.3 is 5.32 Å². The molecule has 0 aromatic heterocycles. The molecule has 2 heterocycles. The summed E-state index contributed by atoms with van der Waals surface area (Å²) in [6, 6.07) is 8.27. The molecule has 3 rings (SSSR count). The van der Waals surface area contributed by atoms with E-state index in [0.29, 0.717) is 17.6 Å². The van der Waals surface area contributed by atoms with Crippen molar-refractivity contribution in [2.24, 2.45) is 0 Å². The molecule has 0 saturated carbocycles. The van der Waals surface area contributed by atoms with Crippen LogP contribution < -0.4 is 5.32 Å². The highest BCUT2D eigenvalue weighted by atomic mass is 35.5. The van der Waals surface area contributed by atoms with E-state index in [4.69, 9.17) is 11.6 Å². The molecule has 24 heavy (non-hydrogen) atoms. The van der Waals surface area contributed by atoms with Gasteiger partial charge in [-0.3, -0.25) is 14.6 Å². The summed E-state index contributed by atoms with van der Waals surface area (Å²) in [4.78, 5) is 17.3. The molecule has 1 aromatic rings. The van der Waals surface area contributed by atoms with Crippen LogP contribution in [0.3, 0.4) is 0 Å². The van der Waals surface area contributed by atoms with Gasteiger partial charge in [-0.1, -0.05) is 29.8 Å². The number of carbonyl (C=O) groups is 1. The van der Waals surface area contributed by atoms with E-state index in [1.54, 1.807) is 0 Å². The van der Waals surface area contributed by atoms with Crippen molar-refractivity contribution in [3.05, 3.63) is 34.9 Å². The Labute approximate surface area is 150 Å². The van der Waals surface area contributed by atoms with E-state index in [1.165, 1.54) is 38.8 Å². The Morgan fingerprint density at radius 1 is 1.25 bits per heavy atom. The molecule has 2 fully saturated rings. The number of amides is 1. The van der Waals surface area contributed by atoms with E-state index in [9.17, 15) is 4.79 Å². The van der Waals surface area contributed by atoms with Crippen molar-refractivity contribution in [3.8, 4) is 0 Å². The number of hydrogen-bond acceptors (Lipinski definition) is 3. The summed E-state index contributed by atoms with van der Waals surface area (Å²) in [6.45, 7) is 6.98. The monoisotopic (exact) mass is 349 g/mol. The number of carbonyl (C=O) groups excluding carboxylic acids is 1. The first-order chi connectivity index (χ1) is 11.6. The van der Waals surface area contributed by atoms with Gasteiger partial charge in [-0.15, -0.1) is 0 Å². The Hall–Kier alpha value is -1.10. The lowest BCUT2D eigenvalue weighted by Gasteiger charge is -2.37. The van der Waals surface area contributed by atoms with Crippen molar-refractivity contribution in [2.75, 3.05) is 32.7 Å². The van der Waals surface area contributed by atoms with Crippen molar-refractivity contribution in [1.82, 2.24) is 15.1 Å². The van der Waals surface area contributed by atoms with Crippen molar-refractivity contribution in [3.63, 3.8) is 0 Å². The molecule has 1 aromatic carbocycles. The molecular weight excluding hydrogens is 322 g/mol. The van der Waals surface area contributed by atoms with Gasteiger partial charge in [-0.25, -0.2) is 0 Å². The number of nitrogens with one attached hydrogen (secondary N) is 1. The minimum absolute atomic E-state index is 0.0645. The van der Waals surface area contributed by atoms with Crippen molar-refractivity contribution < 1.29 is 4.79 Å². The molecule has 0 radical (unpaired) electrons. The fourth-order valence-corrected chi connectivity index (χ4v) is 4.27. The fraction of sp³-hybridized carbons (Fsp3) is 0.632. The Morgan fingerprint density at radius 2 is 2.00 bits per heavy atom. The zero-order chi connectivity index (χ0) is 16.9. The highest BCUT2D eigenvalue weighted by Gasteiger charge is 2.28. The number of piperidine rings is 1. The Bertz CT molecular complexity index is 559. The molecule has 0 bridgehead atoms. The van der Waals surface area contributed by atoms with Crippen LogP contribution in [0.1, 0.15) is 44.2 Å². The van der Waals surface area contributed by atoms with Crippen LogP contribution >= 0.6 is 11.6 Å². The van der Waals surface area contributed by atoms with Gasteiger partial charge in [0.15, 0.2) is 0 Å². The van der Waals surface area contributed by atoms with Crippen LogP contribution in [0.4, 0.5) is 0 Å².